The number of urea groups is 1. The Hall–Kier alpha value is -4.00. The number of hydrogen-bond donors (Lipinski definition) is 3. The minimum Gasteiger partial charge on any atom is -0.494 e. The second-order valence-corrected chi connectivity index (χ2v) is 7.77. The highest BCUT2D eigenvalue weighted by atomic mass is 16.5. The number of carbonyl (C=O) groups excluding carboxylic acids is 2. The van der Waals surface area contributed by atoms with Gasteiger partial charge in [0.25, 0.3) is 5.91 Å². The number of amides is 3. The Balaban J connectivity index is 1.72. The van der Waals surface area contributed by atoms with Crippen molar-refractivity contribution in [2.75, 3.05) is 36.2 Å². The van der Waals surface area contributed by atoms with Crippen molar-refractivity contribution < 1.29 is 14.3 Å². The van der Waals surface area contributed by atoms with Gasteiger partial charge in [-0.05, 0) is 61.9 Å². The monoisotopic (exact) mass is 446 g/mol. The molecular weight excluding hydrogens is 416 g/mol. The third-order valence-corrected chi connectivity index (χ3v) is 5.05. The third kappa shape index (κ3) is 6.49. The lowest BCUT2D eigenvalue weighted by atomic mass is 10.1. The van der Waals surface area contributed by atoms with E-state index in [2.05, 4.69) is 16.0 Å². The first-order valence-electron chi connectivity index (χ1n) is 10.9. The Morgan fingerprint density at radius 2 is 1.55 bits per heavy atom. The third-order valence-electron chi connectivity index (χ3n) is 5.05. The average Bonchev–Trinajstić information content (AvgIpc) is 2.80. The topological polar surface area (TPSA) is 82.7 Å². The maximum atomic E-state index is 13.1. The molecule has 0 aromatic heterocycles. The van der Waals surface area contributed by atoms with E-state index in [1.165, 1.54) is 0 Å². The molecule has 0 saturated carbocycles. The molecule has 3 amide bonds. The molecule has 0 spiro atoms. The molecule has 172 valence electrons. The number of anilines is 3. The molecule has 3 aromatic carbocycles. The van der Waals surface area contributed by atoms with E-state index in [1.54, 1.807) is 36.4 Å². The Kier molecular flexibility index (Phi) is 7.91. The highest BCUT2D eigenvalue weighted by molar-refractivity contribution is 6.04. The van der Waals surface area contributed by atoms with Crippen LogP contribution < -0.4 is 25.6 Å². The molecule has 0 fully saturated rings. The van der Waals surface area contributed by atoms with Crippen molar-refractivity contribution in [1.82, 2.24) is 5.32 Å². The van der Waals surface area contributed by atoms with Crippen molar-refractivity contribution in [2.45, 2.75) is 19.9 Å². The largest absolute Gasteiger partial charge is 0.494 e. The first-order valence-corrected chi connectivity index (χ1v) is 10.9. The van der Waals surface area contributed by atoms with Gasteiger partial charge in [0.1, 0.15) is 5.75 Å². The SMILES string of the molecule is CCOc1ccc(NC(=O)Nc2ccc(N(C)C)c(C(=O)NC(C)c3ccccc3)c2)cc1. The van der Waals surface area contributed by atoms with Crippen LogP contribution in [-0.2, 0) is 0 Å². The lowest BCUT2D eigenvalue weighted by Crippen LogP contribution is -2.28. The van der Waals surface area contributed by atoms with Gasteiger partial charge in [0.05, 0.1) is 18.2 Å². The van der Waals surface area contributed by atoms with Gasteiger partial charge in [0.15, 0.2) is 0 Å². The van der Waals surface area contributed by atoms with Crippen LogP contribution in [0, 0.1) is 0 Å². The summed E-state index contributed by atoms with van der Waals surface area (Å²) in [6.07, 6.45) is 0. The van der Waals surface area contributed by atoms with Gasteiger partial charge in [0, 0.05) is 31.2 Å². The summed E-state index contributed by atoms with van der Waals surface area (Å²) in [4.78, 5) is 27.4. The summed E-state index contributed by atoms with van der Waals surface area (Å²) in [7, 11) is 3.75. The van der Waals surface area contributed by atoms with Crippen LogP contribution >= 0.6 is 0 Å². The van der Waals surface area contributed by atoms with Crippen LogP contribution in [0.25, 0.3) is 0 Å². The van der Waals surface area contributed by atoms with Crippen molar-refractivity contribution in [2.24, 2.45) is 0 Å². The summed E-state index contributed by atoms with van der Waals surface area (Å²) in [5.74, 6) is 0.522. The van der Waals surface area contributed by atoms with Crippen molar-refractivity contribution in [1.29, 1.82) is 0 Å². The van der Waals surface area contributed by atoms with Crippen LogP contribution in [0.5, 0.6) is 5.75 Å². The smallest absolute Gasteiger partial charge is 0.323 e. The summed E-state index contributed by atoms with van der Waals surface area (Å²) in [6, 6.07) is 21.6. The predicted molar refractivity (Wildman–Crippen MR) is 133 cm³/mol. The molecule has 7 heteroatoms. The Bertz CT molecular complexity index is 1080. The van der Waals surface area contributed by atoms with E-state index in [-0.39, 0.29) is 11.9 Å². The number of benzene rings is 3. The molecule has 1 atom stereocenters. The molecule has 3 N–H and O–H groups in total. The molecule has 7 nitrogen and oxygen atoms in total. The molecule has 0 saturated heterocycles. The van der Waals surface area contributed by atoms with Gasteiger partial charge in [-0.25, -0.2) is 4.79 Å². The first-order chi connectivity index (χ1) is 15.9. The van der Waals surface area contributed by atoms with Gasteiger partial charge in [-0.1, -0.05) is 30.3 Å². The van der Waals surface area contributed by atoms with Gasteiger partial charge < -0.3 is 25.6 Å². The van der Waals surface area contributed by atoms with Crippen LogP contribution in [0.2, 0.25) is 0 Å². The summed E-state index contributed by atoms with van der Waals surface area (Å²) in [6.45, 7) is 4.43. The zero-order valence-corrected chi connectivity index (χ0v) is 19.4. The van der Waals surface area contributed by atoms with Crippen molar-refractivity contribution >= 4 is 29.0 Å². The fourth-order valence-corrected chi connectivity index (χ4v) is 3.38. The molecule has 0 aliphatic heterocycles. The zero-order chi connectivity index (χ0) is 23.8. The number of ether oxygens (including phenoxy) is 1. The van der Waals surface area contributed by atoms with Gasteiger partial charge in [0.2, 0.25) is 0 Å². The maximum Gasteiger partial charge on any atom is 0.323 e. The first kappa shape index (κ1) is 23.7. The van der Waals surface area contributed by atoms with E-state index in [4.69, 9.17) is 4.74 Å². The van der Waals surface area contributed by atoms with Crippen LogP contribution in [0.4, 0.5) is 21.9 Å². The van der Waals surface area contributed by atoms with Gasteiger partial charge in [-0.2, -0.15) is 0 Å². The lowest BCUT2D eigenvalue weighted by molar-refractivity contribution is 0.0940. The van der Waals surface area contributed by atoms with Crippen LogP contribution in [0.3, 0.4) is 0 Å². The van der Waals surface area contributed by atoms with Crippen molar-refractivity contribution in [3.63, 3.8) is 0 Å². The van der Waals surface area contributed by atoms with E-state index in [0.717, 1.165) is 17.0 Å². The molecule has 3 rings (SSSR count). The normalized spacial score (nSPS) is 11.3. The van der Waals surface area contributed by atoms with Crippen molar-refractivity contribution in [3.8, 4) is 5.75 Å². The minimum atomic E-state index is -0.402. The van der Waals surface area contributed by atoms with Gasteiger partial charge >= 0.3 is 6.03 Å². The number of nitrogens with one attached hydrogen (secondary N) is 3. The minimum absolute atomic E-state index is 0.159. The molecule has 0 radical (unpaired) electrons. The van der Waals surface area contributed by atoms with E-state index >= 15 is 0 Å². The van der Waals surface area contributed by atoms with Crippen LogP contribution in [-0.4, -0.2) is 32.6 Å². The highest BCUT2D eigenvalue weighted by Gasteiger charge is 2.17. The quantitative estimate of drug-likeness (QED) is 0.439. The number of rotatable bonds is 8. The summed E-state index contributed by atoms with van der Waals surface area (Å²) in [5.41, 5.74) is 3.39. The fraction of sp³-hybridized carbons (Fsp3) is 0.231. The van der Waals surface area contributed by atoms with Crippen molar-refractivity contribution in [3.05, 3.63) is 83.9 Å². The molecule has 1 unspecified atom stereocenters. The second kappa shape index (κ2) is 11.0. The van der Waals surface area contributed by atoms with Crippen LogP contribution in [0.1, 0.15) is 35.8 Å². The Labute approximate surface area is 194 Å². The molecule has 0 aliphatic carbocycles. The van der Waals surface area contributed by atoms with E-state index in [9.17, 15) is 9.59 Å². The van der Waals surface area contributed by atoms with E-state index in [0.29, 0.717) is 23.5 Å². The Morgan fingerprint density at radius 3 is 2.18 bits per heavy atom. The molecule has 0 bridgehead atoms. The molecular formula is C26H30N4O3. The van der Waals surface area contributed by atoms with E-state index < -0.39 is 6.03 Å². The molecule has 0 heterocycles. The number of hydrogen-bond acceptors (Lipinski definition) is 4. The fourth-order valence-electron chi connectivity index (χ4n) is 3.38. The summed E-state index contributed by atoms with van der Waals surface area (Å²) < 4.78 is 5.41. The van der Waals surface area contributed by atoms with Crippen LogP contribution in [0.15, 0.2) is 72.8 Å². The standard InChI is InChI=1S/C26H30N4O3/c1-5-33-22-14-11-20(12-15-22)28-26(32)29-21-13-16-24(30(3)4)23(17-21)25(31)27-18(2)19-9-7-6-8-10-19/h6-18H,5H2,1-4H3,(H,27,31)(H2,28,29,32). The lowest BCUT2D eigenvalue weighted by Gasteiger charge is -2.20. The van der Waals surface area contributed by atoms with E-state index in [1.807, 2.05) is 69.2 Å². The zero-order valence-electron chi connectivity index (χ0n) is 19.4. The molecule has 33 heavy (non-hydrogen) atoms. The number of carbonyl (C=O) groups is 2. The van der Waals surface area contributed by atoms with Gasteiger partial charge in [-0.15, -0.1) is 0 Å². The second-order valence-electron chi connectivity index (χ2n) is 7.77. The number of nitrogens with zero attached hydrogens (tertiary/aromatic N) is 1. The summed E-state index contributed by atoms with van der Waals surface area (Å²) in [5, 5.41) is 8.62. The molecule has 3 aromatic rings. The Morgan fingerprint density at radius 1 is 0.909 bits per heavy atom. The predicted octanol–water partition coefficient (Wildman–Crippen LogP) is 5.29. The maximum absolute atomic E-state index is 13.1. The highest BCUT2D eigenvalue weighted by Crippen LogP contribution is 2.24. The average molecular weight is 447 g/mol. The molecule has 0 aliphatic rings. The van der Waals surface area contributed by atoms with Gasteiger partial charge in [-0.3, -0.25) is 4.79 Å². The summed E-state index contributed by atoms with van der Waals surface area (Å²) >= 11 is 0.